The van der Waals surface area contributed by atoms with Gasteiger partial charge in [0.1, 0.15) is 5.82 Å². The van der Waals surface area contributed by atoms with Gasteiger partial charge in [-0.3, -0.25) is 9.78 Å². The molecule has 0 radical (unpaired) electrons. The van der Waals surface area contributed by atoms with E-state index in [1.807, 2.05) is 0 Å². The average Bonchev–Trinajstić information content (AvgIpc) is 2.76. The first kappa shape index (κ1) is 11.2. The lowest BCUT2D eigenvalue weighted by Crippen LogP contribution is -2.25. The van der Waals surface area contributed by atoms with E-state index in [1.54, 1.807) is 0 Å². The number of nitrogens with zero attached hydrogens (tertiary/aromatic N) is 1. The molecule has 0 amide bonds. The van der Waals surface area contributed by atoms with Gasteiger partial charge >= 0.3 is 0 Å². The van der Waals surface area contributed by atoms with E-state index in [2.05, 4.69) is 4.98 Å². The van der Waals surface area contributed by atoms with Gasteiger partial charge in [0.25, 0.3) is 0 Å². The van der Waals surface area contributed by atoms with Crippen LogP contribution >= 0.6 is 0 Å². The topological polar surface area (TPSA) is 56.0 Å². The van der Waals surface area contributed by atoms with Crippen molar-refractivity contribution in [1.29, 1.82) is 0 Å². The van der Waals surface area contributed by atoms with Crippen LogP contribution in [0.3, 0.4) is 0 Å². The molecule has 0 saturated heterocycles. The minimum atomic E-state index is -0.465. The van der Waals surface area contributed by atoms with Gasteiger partial charge in [0.05, 0.1) is 6.20 Å². The molecule has 0 bridgehead atoms. The fourth-order valence-electron chi connectivity index (χ4n) is 2.42. The van der Waals surface area contributed by atoms with Crippen LogP contribution in [-0.2, 0) is 0 Å². The minimum Gasteiger partial charge on any atom is -0.330 e. The molecule has 3 nitrogen and oxygen atoms in total. The third-order valence-corrected chi connectivity index (χ3v) is 3.29. The number of aromatic nitrogens is 1. The van der Waals surface area contributed by atoms with Gasteiger partial charge < -0.3 is 5.73 Å². The predicted molar refractivity (Wildman–Crippen MR) is 58.4 cm³/mol. The Balaban J connectivity index is 2.18. The molecule has 0 spiro atoms. The van der Waals surface area contributed by atoms with E-state index in [4.69, 9.17) is 5.73 Å². The summed E-state index contributed by atoms with van der Waals surface area (Å²) < 4.78 is 13.0. The molecule has 1 aromatic heterocycles. The van der Waals surface area contributed by atoms with Crippen molar-refractivity contribution in [2.75, 3.05) is 6.54 Å². The minimum absolute atomic E-state index is 0.0139. The number of ketones is 1. The second-order valence-corrected chi connectivity index (χ2v) is 4.29. The van der Waals surface area contributed by atoms with Crippen molar-refractivity contribution in [2.24, 2.45) is 17.6 Å². The van der Waals surface area contributed by atoms with Gasteiger partial charge in [-0.15, -0.1) is 0 Å². The predicted octanol–water partition coefficient (Wildman–Crippen LogP) is 1.78. The van der Waals surface area contributed by atoms with Gasteiger partial charge in [-0.25, -0.2) is 4.39 Å². The lowest BCUT2D eigenvalue weighted by Gasteiger charge is -2.16. The van der Waals surface area contributed by atoms with Crippen molar-refractivity contribution < 1.29 is 9.18 Å². The van der Waals surface area contributed by atoms with Crippen molar-refractivity contribution in [1.82, 2.24) is 4.98 Å². The highest BCUT2D eigenvalue weighted by Crippen LogP contribution is 2.33. The maximum atomic E-state index is 13.0. The standard InChI is InChI=1S/C12H15FN2O/c13-10-4-9(6-15-7-10)12(16)11-3-1-2-8(11)5-14/h4,6-8,11H,1-3,5,14H2. The number of carbonyl (C=O) groups is 1. The molecule has 86 valence electrons. The summed E-state index contributed by atoms with van der Waals surface area (Å²) in [6, 6.07) is 1.25. The molecule has 4 heteroatoms. The summed E-state index contributed by atoms with van der Waals surface area (Å²) in [4.78, 5) is 15.8. The molecule has 2 rings (SSSR count). The van der Waals surface area contributed by atoms with Crippen LogP contribution in [0.25, 0.3) is 0 Å². The van der Waals surface area contributed by atoms with E-state index < -0.39 is 5.82 Å². The molecular formula is C12H15FN2O. The van der Waals surface area contributed by atoms with Gasteiger partial charge in [-0.1, -0.05) is 6.42 Å². The third-order valence-electron chi connectivity index (χ3n) is 3.29. The second-order valence-electron chi connectivity index (χ2n) is 4.29. The zero-order chi connectivity index (χ0) is 11.5. The molecule has 1 aromatic rings. The lowest BCUT2D eigenvalue weighted by atomic mass is 9.89. The monoisotopic (exact) mass is 222 g/mol. The number of pyridine rings is 1. The Hall–Kier alpha value is -1.29. The molecule has 1 aliphatic carbocycles. The van der Waals surface area contributed by atoms with Crippen LogP contribution in [0.5, 0.6) is 0 Å². The van der Waals surface area contributed by atoms with Gasteiger partial charge in [-0.2, -0.15) is 0 Å². The Bertz CT molecular complexity index is 394. The van der Waals surface area contributed by atoms with Crippen molar-refractivity contribution in [3.63, 3.8) is 0 Å². The fourth-order valence-corrected chi connectivity index (χ4v) is 2.42. The first-order valence-electron chi connectivity index (χ1n) is 5.57. The zero-order valence-electron chi connectivity index (χ0n) is 9.03. The Labute approximate surface area is 93.9 Å². The van der Waals surface area contributed by atoms with E-state index in [0.29, 0.717) is 12.1 Å². The van der Waals surface area contributed by atoms with Gasteiger partial charge in [0, 0.05) is 17.7 Å². The maximum Gasteiger partial charge on any atom is 0.167 e. The number of carbonyl (C=O) groups excluding carboxylic acids is 1. The van der Waals surface area contributed by atoms with E-state index in [1.165, 1.54) is 12.3 Å². The van der Waals surface area contributed by atoms with Crippen molar-refractivity contribution in [3.05, 3.63) is 29.8 Å². The molecule has 2 atom stereocenters. The molecule has 2 unspecified atom stereocenters. The van der Waals surface area contributed by atoms with Crippen LogP contribution in [0.15, 0.2) is 18.5 Å². The Morgan fingerprint density at radius 1 is 1.50 bits per heavy atom. The highest BCUT2D eigenvalue weighted by molar-refractivity contribution is 5.97. The number of nitrogens with two attached hydrogens (primary N) is 1. The van der Waals surface area contributed by atoms with E-state index in [0.717, 1.165) is 25.5 Å². The van der Waals surface area contributed by atoms with Crippen LogP contribution in [0.1, 0.15) is 29.6 Å². The SMILES string of the molecule is NCC1CCCC1C(=O)c1cncc(F)c1. The summed E-state index contributed by atoms with van der Waals surface area (Å²) in [6.07, 6.45) is 5.41. The summed E-state index contributed by atoms with van der Waals surface area (Å²) >= 11 is 0. The molecule has 0 aliphatic heterocycles. The molecular weight excluding hydrogens is 207 g/mol. The maximum absolute atomic E-state index is 13.0. The van der Waals surface area contributed by atoms with Gasteiger partial charge in [-0.05, 0) is 31.4 Å². The third kappa shape index (κ3) is 2.11. The average molecular weight is 222 g/mol. The van der Waals surface area contributed by atoms with E-state index in [9.17, 15) is 9.18 Å². The Kier molecular flexibility index (Phi) is 3.29. The fraction of sp³-hybridized carbons (Fsp3) is 0.500. The highest BCUT2D eigenvalue weighted by Gasteiger charge is 2.32. The van der Waals surface area contributed by atoms with Gasteiger partial charge in [0.2, 0.25) is 0 Å². The van der Waals surface area contributed by atoms with Crippen molar-refractivity contribution in [2.45, 2.75) is 19.3 Å². The number of halogens is 1. The zero-order valence-corrected chi connectivity index (χ0v) is 9.03. The molecule has 1 heterocycles. The molecule has 1 fully saturated rings. The number of hydrogen-bond acceptors (Lipinski definition) is 3. The smallest absolute Gasteiger partial charge is 0.167 e. The number of rotatable bonds is 3. The van der Waals surface area contributed by atoms with E-state index >= 15 is 0 Å². The molecule has 1 saturated carbocycles. The van der Waals surface area contributed by atoms with Crippen LogP contribution in [0.4, 0.5) is 4.39 Å². The largest absolute Gasteiger partial charge is 0.330 e. The molecule has 1 aliphatic rings. The van der Waals surface area contributed by atoms with Crippen LogP contribution in [-0.4, -0.2) is 17.3 Å². The number of Topliss-reactive ketones (excluding diaryl/α,β-unsaturated/α-hetero) is 1. The summed E-state index contributed by atoms with van der Waals surface area (Å²) in [5.74, 6) is -0.280. The summed E-state index contributed by atoms with van der Waals surface area (Å²) in [5, 5.41) is 0. The van der Waals surface area contributed by atoms with Crippen LogP contribution < -0.4 is 5.73 Å². The van der Waals surface area contributed by atoms with Crippen molar-refractivity contribution in [3.8, 4) is 0 Å². The molecule has 2 N–H and O–H groups in total. The first-order chi connectivity index (χ1) is 7.72. The summed E-state index contributed by atoms with van der Waals surface area (Å²) in [7, 11) is 0. The Morgan fingerprint density at radius 3 is 3.00 bits per heavy atom. The Morgan fingerprint density at radius 2 is 2.31 bits per heavy atom. The lowest BCUT2D eigenvalue weighted by molar-refractivity contribution is 0.0892. The quantitative estimate of drug-likeness (QED) is 0.793. The first-order valence-corrected chi connectivity index (χ1v) is 5.57. The normalized spacial score (nSPS) is 24.6. The van der Waals surface area contributed by atoms with Crippen LogP contribution in [0, 0.1) is 17.7 Å². The summed E-state index contributed by atoms with van der Waals surface area (Å²) in [6.45, 7) is 0.527. The van der Waals surface area contributed by atoms with Crippen LogP contribution in [0.2, 0.25) is 0 Å². The van der Waals surface area contributed by atoms with Gasteiger partial charge in [0.15, 0.2) is 5.78 Å². The van der Waals surface area contributed by atoms with E-state index in [-0.39, 0.29) is 17.6 Å². The highest BCUT2D eigenvalue weighted by atomic mass is 19.1. The second kappa shape index (κ2) is 4.70. The molecule has 16 heavy (non-hydrogen) atoms. The van der Waals surface area contributed by atoms with Crippen molar-refractivity contribution >= 4 is 5.78 Å². The summed E-state index contributed by atoms with van der Waals surface area (Å²) in [5.41, 5.74) is 5.99. The number of hydrogen-bond donors (Lipinski definition) is 1. The molecule has 0 aromatic carbocycles.